The summed E-state index contributed by atoms with van der Waals surface area (Å²) >= 11 is 4.59. The van der Waals surface area contributed by atoms with E-state index < -0.39 is 17.8 Å². The molecule has 3 aromatic carbocycles. The van der Waals surface area contributed by atoms with Crippen LogP contribution in [0.15, 0.2) is 82.2 Å². The van der Waals surface area contributed by atoms with Gasteiger partial charge in [0.25, 0.3) is 0 Å². The molecule has 34 heavy (non-hydrogen) atoms. The normalized spacial score (nSPS) is 15.4. The van der Waals surface area contributed by atoms with Crippen molar-refractivity contribution in [3.8, 4) is 0 Å². The molecule has 0 bridgehead atoms. The summed E-state index contributed by atoms with van der Waals surface area (Å²) in [5.74, 6) is -1.64. The van der Waals surface area contributed by atoms with Gasteiger partial charge in [-0.2, -0.15) is 0 Å². The highest BCUT2D eigenvalue weighted by atomic mass is 79.9. The van der Waals surface area contributed by atoms with Crippen LogP contribution in [0.4, 0.5) is 11.4 Å². The van der Waals surface area contributed by atoms with E-state index >= 15 is 0 Å². The molecule has 1 aliphatic heterocycles. The van der Waals surface area contributed by atoms with Crippen LogP contribution in [-0.4, -0.2) is 35.4 Å². The number of esters is 1. The zero-order chi connectivity index (χ0) is 24.2. The van der Waals surface area contributed by atoms with Gasteiger partial charge in [0.15, 0.2) is 12.4 Å². The molecule has 2 amide bonds. The van der Waals surface area contributed by atoms with Crippen molar-refractivity contribution in [3.63, 3.8) is 0 Å². The van der Waals surface area contributed by atoms with Crippen molar-refractivity contribution in [3.05, 3.63) is 88.4 Å². The van der Waals surface area contributed by atoms with Gasteiger partial charge in [-0.05, 0) is 54.6 Å². The fourth-order valence-corrected chi connectivity index (χ4v) is 4.79. The maximum absolute atomic E-state index is 12.9. The standard InChI is InChI=1S/C25H19BrN2O5S/c26-17-8-4-15(5-9-17)21(29)14-33-25(32)16-6-10-19(11-7-16)28-23(30)13-22(24(28)31)34-20-3-1-2-18(27)12-20/h1-12,22H,13-14,27H2/t22-/m0/s1. The van der Waals surface area contributed by atoms with Crippen LogP contribution >= 0.6 is 27.7 Å². The van der Waals surface area contributed by atoms with E-state index in [0.29, 0.717) is 16.9 Å². The number of Topliss-reactive ketones (excluding diaryl/α,β-unsaturated/α-hetero) is 1. The number of nitrogen functional groups attached to an aromatic ring is 1. The van der Waals surface area contributed by atoms with Gasteiger partial charge in [0, 0.05) is 27.0 Å². The highest BCUT2D eigenvalue weighted by molar-refractivity contribution is 9.10. The second-order valence-electron chi connectivity index (χ2n) is 7.50. The van der Waals surface area contributed by atoms with Gasteiger partial charge in [0.2, 0.25) is 11.8 Å². The summed E-state index contributed by atoms with van der Waals surface area (Å²) in [6.07, 6.45) is 0.0697. The predicted molar refractivity (Wildman–Crippen MR) is 133 cm³/mol. The van der Waals surface area contributed by atoms with Crippen molar-refractivity contribution in [1.29, 1.82) is 0 Å². The molecule has 1 saturated heterocycles. The number of ether oxygens (including phenoxy) is 1. The molecular formula is C25H19BrN2O5S. The summed E-state index contributed by atoms with van der Waals surface area (Å²) in [5, 5.41) is -0.552. The number of nitrogens with two attached hydrogens (primary N) is 1. The van der Waals surface area contributed by atoms with Gasteiger partial charge in [-0.1, -0.05) is 34.1 Å². The summed E-state index contributed by atoms with van der Waals surface area (Å²) < 4.78 is 5.95. The first-order chi connectivity index (χ1) is 16.3. The fraction of sp³-hybridized carbons (Fsp3) is 0.120. The first kappa shape index (κ1) is 23.7. The zero-order valence-corrected chi connectivity index (χ0v) is 20.2. The minimum absolute atomic E-state index is 0.0697. The Balaban J connectivity index is 1.38. The number of imide groups is 1. The molecule has 2 N–H and O–H groups in total. The molecule has 1 fully saturated rings. The molecule has 7 nitrogen and oxygen atoms in total. The van der Waals surface area contributed by atoms with E-state index in [4.69, 9.17) is 10.5 Å². The summed E-state index contributed by atoms with van der Waals surface area (Å²) in [5.41, 5.74) is 7.38. The minimum Gasteiger partial charge on any atom is -0.454 e. The number of carbonyl (C=O) groups is 4. The van der Waals surface area contributed by atoms with Gasteiger partial charge < -0.3 is 10.5 Å². The van der Waals surface area contributed by atoms with Crippen molar-refractivity contribution in [1.82, 2.24) is 0 Å². The number of thioether (sulfide) groups is 1. The van der Waals surface area contributed by atoms with E-state index in [-0.39, 0.29) is 29.6 Å². The van der Waals surface area contributed by atoms with Crippen molar-refractivity contribution in [2.24, 2.45) is 0 Å². The molecule has 172 valence electrons. The number of carbonyl (C=O) groups excluding carboxylic acids is 4. The third-order valence-corrected chi connectivity index (χ3v) is 6.81. The molecule has 0 unspecified atom stereocenters. The van der Waals surface area contributed by atoms with Gasteiger partial charge in [-0.15, -0.1) is 11.8 Å². The third kappa shape index (κ3) is 5.37. The summed E-state index contributed by atoms with van der Waals surface area (Å²) in [6.45, 7) is -0.395. The number of nitrogens with zero attached hydrogens (tertiary/aromatic N) is 1. The number of anilines is 2. The van der Waals surface area contributed by atoms with Crippen LogP contribution in [0.25, 0.3) is 0 Å². The van der Waals surface area contributed by atoms with Crippen LogP contribution in [0.5, 0.6) is 0 Å². The van der Waals surface area contributed by atoms with Crippen molar-refractivity contribution < 1.29 is 23.9 Å². The Morgan fingerprint density at radius 3 is 2.35 bits per heavy atom. The Bertz CT molecular complexity index is 1260. The Morgan fingerprint density at radius 2 is 1.68 bits per heavy atom. The molecule has 1 aliphatic rings. The molecule has 0 aromatic heterocycles. The van der Waals surface area contributed by atoms with Crippen molar-refractivity contribution in [2.75, 3.05) is 17.2 Å². The monoisotopic (exact) mass is 538 g/mol. The number of ketones is 1. The molecule has 1 atom stereocenters. The Kier molecular flexibility index (Phi) is 7.14. The molecule has 4 rings (SSSR count). The van der Waals surface area contributed by atoms with Crippen LogP contribution in [0, 0.1) is 0 Å². The highest BCUT2D eigenvalue weighted by Gasteiger charge is 2.40. The number of amides is 2. The van der Waals surface area contributed by atoms with Gasteiger partial charge in [0.05, 0.1) is 16.5 Å². The lowest BCUT2D eigenvalue weighted by atomic mass is 10.1. The molecule has 9 heteroatoms. The van der Waals surface area contributed by atoms with Crippen LogP contribution in [-0.2, 0) is 14.3 Å². The topological polar surface area (TPSA) is 107 Å². The largest absolute Gasteiger partial charge is 0.454 e. The number of rotatable bonds is 7. The number of benzene rings is 3. The molecule has 0 saturated carbocycles. The van der Waals surface area contributed by atoms with Crippen LogP contribution in [0.2, 0.25) is 0 Å². The number of hydrogen-bond donors (Lipinski definition) is 1. The lowest BCUT2D eigenvalue weighted by Gasteiger charge is -2.15. The second-order valence-corrected chi connectivity index (χ2v) is 9.70. The third-order valence-electron chi connectivity index (χ3n) is 5.10. The van der Waals surface area contributed by atoms with Crippen LogP contribution < -0.4 is 10.6 Å². The highest BCUT2D eigenvalue weighted by Crippen LogP contribution is 2.34. The average molecular weight is 539 g/mol. The molecule has 0 spiro atoms. The zero-order valence-electron chi connectivity index (χ0n) is 17.8. The summed E-state index contributed by atoms with van der Waals surface area (Å²) in [6, 6.07) is 19.8. The van der Waals surface area contributed by atoms with Crippen LogP contribution in [0.1, 0.15) is 27.1 Å². The fourth-order valence-electron chi connectivity index (χ4n) is 3.40. The Labute approximate surface area is 208 Å². The van der Waals surface area contributed by atoms with E-state index in [1.165, 1.54) is 36.0 Å². The molecule has 0 aliphatic carbocycles. The summed E-state index contributed by atoms with van der Waals surface area (Å²) in [4.78, 5) is 51.9. The van der Waals surface area contributed by atoms with Crippen molar-refractivity contribution in [2.45, 2.75) is 16.6 Å². The minimum atomic E-state index is -0.675. The SMILES string of the molecule is Nc1cccc(S[C@H]2CC(=O)N(c3ccc(C(=O)OCC(=O)c4ccc(Br)cc4)cc3)C2=O)c1. The first-order valence-corrected chi connectivity index (χ1v) is 11.9. The molecule has 3 aromatic rings. The number of halogens is 1. The van der Waals surface area contributed by atoms with Crippen molar-refractivity contribution >= 4 is 62.6 Å². The molecule has 0 radical (unpaired) electrons. The predicted octanol–water partition coefficient (Wildman–Crippen LogP) is 4.50. The van der Waals surface area contributed by atoms with E-state index in [0.717, 1.165) is 14.3 Å². The smallest absolute Gasteiger partial charge is 0.338 e. The Hall–Kier alpha value is -3.43. The quantitative estimate of drug-likeness (QED) is 0.204. The van der Waals surface area contributed by atoms with Gasteiger partial charge in [-0.3, -0.25) is 14.4 Å². The maximum Gasteiger partial charge on any atom is 0.338 e. The lowest BCUT2D eigenvalue weighted by molar-refractivity contribution is -0.121. The van der Waals surface area contributed by atoms with E-state index in [2.05, 4.69) is 15.9 Å². The molecular weight excluding hydrogens is 520 g/mol. The lowest BCUT2D eigenvalue weighted by Crippen LogP contribution is -2.31. The van der Waals surface area contributed by atoms with Gasteiger partial charge in [-0.25, -0.2) is 9.69 Å². The summed E-state index contributed by atoms with van der Waals surface area (Å²) in [7, 11) is 0. The Morgan fingerprint density at radius 1 is 1.00 bits per heavy atom. The van der Waals surface area contributed by atoms with E-state index in [9.17, 15) is 19.2 Å². The average Bonchev–Trinajstić information content (AvgIpc) is 3.10. The number of hydrogen-bond acceptors (Lipinski definition) is 7. The van der Waals surface area contributed by atoms with E-state index in [1.807, 2.05) is 6.07 Å². The first-order valence-electron chi connectivity index (χ1n) is 10.3. The maximum atomic E-state index is 12.9. The van der Waals surface area contributed by atoms with Gasteiger partial charge >= 0.3 is 5.97 Å². The van der Waals surface area contributed by atoms with E-state index in [1.54, 1.807) is 42.5 Å². The van der Waals surface area contributed by atoms with Crippen LogP contribution in [0.3, 0.4) is 0 Å². The van der Waals surface area contributed by atoms with Gasteiger partial charge in [0.1, 0.15) is 0 Å². The second kappa shape index (κ2) is 10.2. The molecule has 1 heterocycles.